The smallest absolute Gasteiger partial charge is 0.174 e. The molecule has 1 N–H and O–H groups in total. The normalized spacial score (nSPS) is 12.9. The Bertz CT molecular complexity index is 278. The summed E-state index contributed by atoms with van der Waals surface area (Å²) in [6, 6.07) is 1.75. The molecule has 0 aromatic carbocycles. The van der Waals surface area contributed by atoms with Crippen LogP contribution in [0.25, 0.3) is 0 Å². The van der Waals surface area contributed by atoms with Crippen molar-refractivity contribution >= 4 is 15.9 Å². The Labute approximate surface area is 80.0 Å². The van der Waals surface area contributed by atoms with Crippen LogP contribution in [0.2, 0.25) is 0 Å². The fourth-order valence-corrected chi connectivity index (χ4v) is 1.49. The first-order valence-electron chi connectivity index (χ1n) is 3.66. The van der Waals surface area contributed by atoms with E-state index >= 15 is 0 Å². The zero-order chi connectivity index (χ0) is 9.14. The van der Waals surface area contributed by atoms with Gasteiger partial charge < -0.3 is 9.52 Å². The van der Waals surface area contributed by atoms with Crippen LogP contribution in [0.4, 0.5) is 0 Å². The number of halogens is 1. The summed E-state index contributed by atoms with van der Waals surface area (Å²) < 4.78 is 5.59. The fraction of sp³-hybridized carbons (Fsp3) is 0.333. The molecule has 1 heterocycles. The van der Waals surface area contributed by atoms with Crippen molar-refractivity contribution in [2.45, 2.75) is 19.4 Å². The lowest BCUT2D eigenvalue weighted by Crippen LogP contribution is -1.96. The summed E-state index contributed by atoms with van der Waals surface area (Å²) in [5, 5.41) is 9.61. The summed E-state index contributed by atoms with van der Waals surface area (Å²) >= 11 is 3.20. The van der Waals surface area contributed by atoms with Crippen LogP contribution >= 0.6 is 15.9 Å². The molecule has 0 aliphatic carbocycles. The van der Waals surface area contributed by atoms with Crippen LogP contribution in [0.15, 0.2) is 33.6 Å². The molecule has 0 fully saturated rings. The monoisotopic (exact) mass is 230 g/mol. The lowest BCUT2D eigenvalue weighted by molar-refractivity contribution is 0.176. The third-order valence-corrected chi connectivity index (χ3v) is 2.19. The number of hydrogen-bond donors (Lipinski definition) is 1. The highest BCUT2D eigenvalue weighted by Gasteiger charge is 2.13. The summed E-state index contributed by atoms with van der Waals surface area (Å²) in [5.74, 6) is 0. The van der Waals surface area contributed by atoms with Crippen molar-refractivity contribution in [2.75, 3.05) is 0 Å². The van der Waals surface area contributed by atoms with Crippen molar-refractivity contribution in [3.63, 3.8) is 0 Å². The van der Waals surface area contributed by atoms with Crippen LogP contribution in [-0.4, -0.2) is 5.11 Å². The Balaban J connectivity index is 2.71. The fourth-order valence-electron chi connectivity index (χ4n) is 0.983. The molecular formula is C9H11BrO2. The molecule has 1 unspecified atom stereocenters. The van der Waals surface area contributed by atoms with Crippen molar-refractivity contribution < 1.29 is 9.52 Å². The van der Waals surface area contributed by atoms with E-state index in [9.17, 15) is 5.11 Å². The van der Waals surface area contributed by atoms with Gasteiger partial charge in [-0.3, -0.25) is 0 Å². The van der Waals surface area contributed by atoms with Gasteiger partial charge in [-0.05, 0) is 35.3 Å². The molecule has 0 aliphatic rings. The van der Waals surface area contributed by atoms with Crippen LogP contribution in [0, 0.1) is 0 Å². The van der Waals surface area contributed by atoms with E-state index in [0.29, 0.717) is 11.1 Å². The van der Waals surface area contributed by atoms with Gasteiger partial charge in [0.1, 0.15) is 0 Å². The minimum Gasteiger partial charge on any atom is -0.457 e. The third-order valence-electron chi connectivity index (χ3n) is 1.55. The second-order valence-corrected chi connectivity index (χ2v) is 3.55. The predicted octanol–water partition coefficient (Wildman–Crippen LogP) is 3.04. The van der Waals surface area contributed by atoms with E-state index in [1.807, 2.05) is 6.92 Å². The number of furan rings is 1. The van der Waals surface area contributed by atoms with Gasteiger partial charge in [0.05, 0.1) is 12.4 Å². The molecule has 66 valence electrons. The van der Waals surface area contributed by atoms with E-state index in [1.165, 1.54) is 0 Å². The van der Waals surface area contributed by atoms with E-state index in [1.54, 1.807) is 12.3 Å². The number of aliphatic hydroxyl groups is 1. The van der Waals surface area contributed by atoms with Gasteiger partial charge >= 0.3 is 0 Å². The van der Waals surface area contributed by atoms with E-state index in [4.69, 9.17) is 4.42 Å². The highest BCUT2D eigenvalue weighted by molar-refractivity contribution is 9.10. The summed E-state index contributed by atoms with van der Waals surface area (Å²) in [4.78, 5) is 0. The van der Waals surface area contributed by atoms with Gasteiger partial charge in [-0.1, -0.05) is 5.57 Å². The van der Waals surface area contributed by atoms with Gasteiger partial charge in [0, 0.05) is 5.56 Å². The van der Waals surface area contributed by atoms with Crippen molar-refractivity contribution in [3.8, 4) is 0 Å². The van der Waals surface area contributed by atoms with Crippen LogP contribution < -0.4 is 0 Å². The van der Waals surface area contributed by atoms with Crippen LogP contribution in [0.3, 0.4) is 0 Å². The van der Waals surface area contributed by atoms with Gasteiger partial charge in [0.15, 0.2) is 4.67 Å². The Hall–Kier alpha value is -0.540. The number of rotatable bonds is 3. The van der Waals surface area contributed by atoms with Crippen molar-refractivity contribution in [1.82, 2.24) is 0 Å². The zero-order valence-corrected chi connectivity index (χ0v) is 8.47. The van der Waals surface area contributed by atoms with Crippen LogP contribution in [-0.2, 0) is 0 Å². The van der Waals surface area contributed by atoms with Gasteiger partial charge in [0.2, 0.25) is 0 Å². The largest absolute Gasteiger partial charge is 0.457 e. The SMILES string of the molecule is C=C(C)CC(O)c1ccoc1Br. The number of hydrogen-bond acceptors (Lipinski definition) is 2. The first-order chi connectivity index (χ1) is 5.61. The van der Waals surface area contributed by atoms with Crippen molar-refractivity contribution in [2.24, 2.45) is 0 Å². The molecule has 0 saturated carbocycles. The first-order valence-corrected chi connectivity index (χ1v) is 4.46. The summed E-state index contributed by atoms with van der Waals surface area (Å²) in [6.45, 7) is 5.61. The maximum atomic E-state index is 9.61. The zero-order valence-electron chi connectivity index (χ0n) is 6.88. The molecule has 0 spiro atoms. The van der Waals surface area contributed by atoms with E-state index in [0.717, 1.165) is 11.1 Å². The molecule has 12 heavy (non-hydrogen) atoms. The minimum absolute atomic E-state index is 0.518. The molecule has 0 saturated heterocycles. The summed E-state index contributed by atoms with van der Waals surface area (Å²) in [7, 11) is 0. The first kappa shape index (κ1) is 9.55. The van der Waals surface area contributed by atoms with Crippen molar-refractivity contribution in [1.29, 1.82) is 0 Å². The second-order valence-electron chi connectivity index (χ2n) is 2.83. The topological polar surface area (TPSA) is 33.4 Å². The molecule has 0 amide bonds. The second kappa shape index (κ2) is 3.92. The van der Waals surface area contributed by atoms with Gasteiger partial charge in [-0.25, -0.2) is 0 Å². The third kappa shape index (κ3) is 2.22. The molecule has 0 aliphatic heterocycles. The molecule has 0 radical (unpaired) electrons. The Kier molecular flexibility index (Phi) is 3.12. The standard InChI is InChI=1S/C9H11BrO2/c1-6(2)5-8(11)7-3-4-12-9(7)10/h3-4,8,11H,1,5H2,2H3. The van der Waals surface area contributed by atoms with E-state index < -0.39 is 6.10 Å². The highest BCUT2D eigenvalue weighted by Crippen LogP contribution is 2.27. The number of aliphatic hydroxyl groups excluding tert-OH is 1. The van der Waals surface area contributed by atoms with Gasteiger partial charge in [-0.15, -0.1) is 6.58 Å². The molecule has 1 aromatic rings. The minimum atomic E-state index is -0.518. The molecule has 2 nitrogen and oxygen atoms in total. The van der Waals surface area contributed by atoms with Crippen molar-refractivity contribution in [3.05, 3.63) is 34.7 Å². The molecule has 1 aromatic heterocycles. The Morgan fingerprint density at radius 2 is 2.50 bits per heavy atom. The maximum Gasteiger partial charge on any atom is 0.174 e. The molecule has 0 bridgehead atoms. The van der Waals surface area contributed by atoms with Gasteiger partial charge in [-0.2, -0.15) is 0 Å². The van der Waals surface area contributed by atoms with Gasteiger partial charge in [0.25, 0.3) is 0 Å². The molecule has 1 atom stereocenters. The maximum absolute atomic E-state index is 9.61. The summed E-state index contributed by atoms with van der Waals surface area (Å²) in [6.07, 6.45) is 1.59. The predicted molar refractivity (Wildman–Crippen MR) is 50.8 cm³/mol. The lowest BCUT2D eigenvalue weighted by Gasteiger charge is -2.07. The van der Waals surface area contributed by atoms with Crippen LogP contribution in [0.1, 0.15) is 25.0 Å². The molecular weight excluding hydrogens is 220 g/mol. The van der Waals surface area contributed by atoms with E-state index in [-0.39, 0.29) is 0 Å². The molecule has 3 heteroatoms. The average molecular weight is 231 g/mol. The lowest BCUT2D eigenvalue weighted by atomic mass is 10.1. The quantitative estimate of drug-likeness (QED) is 0.811. The Morgan fingerprint density at radius 1 is 1.83 bits per heavy atom. The highest BCUT2D eigenvalue weighted by atomic mass is 79.9. The average Bonchev–Trinajstić information content (AvgIpc) is 2.33. The van der Waals surface area contributed by atoms with Crippen LogP contribution in [0.5, 0.6) is 0 Å². The van der Waals surface area contributed by atoms with E-state index in [2.05, 4.69) is 22.5 Å². The Morgan fingerprint density at radius 3 is 2.92 bits per heavy atom. The molecule has 1 rings (SSSR count). The summed E-state index contributed by atoms with van der Waals surface area (Å²) in [5.41, 5.74) is 1.73.